The summed E-state index contributed by atoms with van der Waals surface area (Å²) >= 11 is 0. The Balaban J connectivity index is 3.87. The van der Waals surface area contributed by atoms with Crippen LogP contribution in [0.2, 0.25) is 0 Å². The second-order valence-electron chi connectivity index (χ2n) is 4.26. The van der Waals surface area contributed by atoms with E-state index in [2.05, 4.69) is 44.5 Å². The van der Waals surface area contributed by atoms with Crippen molar-refractivity contribution in [3.63, 3.8) is 0 Å². The van der Waals surface area contributed by atoms with Crippen molar-refractivity contribution in [2.75, 3.05) is 26.2 Å². The predicted molar refractivity (Wildman–Crippen MR) is 60.1 cm³/mol. The van der Waals surface area contributed by atoms with Gasteiger partial charge in [0.25, 0.3) is 0 Å². The quantitative estimate of drug-likeness (QED) is 0.501. The van der Waals surface area contributed by atoms with E-state index in [-0.39, 0.29) is 5.54 Å². The summed E-state index contributed by atoms with van der Waals surface area (Å²) in [5.41, 5.74) is 0.240. The molecule has 1 N–H and O–H groups in total. The van der Waals surface area contributed by atoms with Crippen molar-refractivity contribution in [2.45, 2.75) is 33.2 Å². The number of hydrogen-bond donors (Lipinski definition) is 1. The summed E-state index contributed by atoms with van der Waals surface area (Å²) in [6, 6.07) is 0. The van der Waals surface area contributed by atoms with E-state index >= 15 is 0 Å². The zero-order valence-electron chi connectivity index (χ0n) is 9.56. The lowest BCUT2D eigenvalue weighted by molar-refractivity contribution is 0.155. The van der Waals surface area contributed by atoms with Gasteiger partial charge >= 0.3 is 0 Å². The molecule has 0 amide bonds. The van der Waals surface area contributed by atoms with Gasteiger partial charge in [-0.25, -0.2) is 0 Å². The molecular weight excluding hydrogens is 160 g/mol. The van der Waals surface area contributed by atoms with Gasteiger partial charge in [-0.05, 0) is 27.3 Å². The molecule has 0 aliphatic rings. The largest absolute Gasteiger partial charge is 0.316 e. The van der Waals surface area contributed by atoms with Crippen LogP contribution in [-0.2, 0) is 0 Å². The SMILES string of the molecule is C=CCN(CCNCC)C(C)(C)C. The molecule has 0 aliphatic carbocycles. The number of hydrogen-bond acceptors (Lipinski definition) is 2. The Morgan fingerprint density at radius 1 is 1.38 bits per heavy atom. The highest BCUT2D eigenvalue weighted by Gasteiger charge is 2.18. The van der Waals surface area contributed by atoms with Gasteiger partial charge in [0.1, 0.15) is 0 Å². The predicted octanol–water partition coefficient (Wildman–Crippen LogP) is 1.88. The maximum Gasteiger partial charge on any atom is 0.0166 e. The van der Waals surface area contributed by atoms with Gasteiger partial charge in [0.05, 0.1) is 0 Å². The van der Waals surface area contributed by atoms with E-state index in [4.69, 9.17) is 0 Å². The maximum atomic E-state index is 3.78. The van der Waals surface area contributed by atoms with Crippen molar-refractivity contribution in [3.8, 4) is 0 Å². The first kappa shape index (κ1) is 12.7. The van der Waals surface area contributed by atoms with Gasteiger partial charge in [-0.2, -0.15) is 0 Å². The van der Waals surface area contributed by atoms with E-state index in [0.717, 1.165) is 26.2 Å². The van der Waals surface area contributed by atoms with Crippen molar-refractivity contribution >= 4 is 0 Å². The Morgan fingerprint density at radius 2 is 2.00 bits per heavy atom. The number of nitrogens with one attached hydrogen (secondary N) is 1. The van der Waals surface area contributed by atoms with Gasteiger partial charge < -0.3 is 5.32 Å². The summed E-state index contributed by atoms with van der Waals surface area (Å²) < 4.78 is 0. The summed E-state index contributed by atoms with van der Waals surface area (Å²) in [5.74, 6) is 0. The van der Waals surface area contributed by atoms with Crippen molar-refractivity contribution in [1.29, 1.82) is 0 Å². The third kappa shape index (κ3) is 5.83. The lowest BCUT2D eigenvalue weighted by Crippen LogP contribution is -2.44. The third-order valence-corrected chi connectivity index (χ3v) is 2.11. The van der Waals surface area contributed by atoms with Crippen molar-refractivity contribution in [1.82, 2.24) is 10.2 Å². The fourth-order valence-electron chi connectivity index (χ4n) is 1.25. The van der Waals surface area contributed by atoms with E-state index in [1.54, 1.807) is 0 Å². The monoisotopic (exact) mass is 184 g/mol. The molecule has 0 aromatic rings. The van der Waals surface area contributed by atoms with Crippen LogP contribution in [0.1, 0.15) is 27.7 Å². The fourth-order valence-corrected chi connectivity index (χ4v) is 1.25. The van der Waals surface area contributed by atoms with Crippen LogP contribution >= 0.6 is 0 Å². The molecule has 0 rings (SSSR count). The smallest absolute Gasteiger partial charge is 0.0166 e. The minimum Gasteiger partial charge on any atom is -0.316 e. The normalized spacial score (nSPS) is 12.1. The summed E-state index contributed by atoms with van der Waals surface area (Å²) in [6.07, 6.45) is 1.97. The first-order valence-corrected chi connectivity index (χ1v) is 5.09. The summed E-state index contributed by atoms with van der Waals surface area (Å²) in [4.78, 5) is 2.42. The molecule has 0 aromatic carbocycles. The molecule has 13 heavy (non-hydrogen) atoms. The zero-order valence-corrected chi connectivity index (χ0v) is 9.56. The molecule has 0 heterocycles. The molecule has 78 valence electrons. The Hall–Kier alpha value is -0.340. The van der Waals surface area contributed by atoms with Crippen LogP contribution in [0.25, 0.3) is 0 Å². The first-order valence-electron chi connectivity index (χ1n) is 5.09. The van der Waals surface area contributed by atoms with Crippen molar-refractivity contribution < 1.29 is 0 Å². The molecule has 0 aliphatic heterocycles. The Bertz CT molecular complexity index is 136. The van der Waals surface area contributed by atoms with Crippen molar-refractivity contribution in [2.24, 2.45) is 0 Å². The molecule has 0 unspecified atom stereocenters. The molecule has 2 heteroatoms. The van der Waals surface area contributed by atoms with Gasteiger partial charge in [-0.3, -0.25) is 4.90 Å². The lowest BCUT2D eigenvalue weighted by Gasteiger charge is -2.34. The third-order valence-electron chi connectivity index (χ3n) is 2.11. The van der Waals surface area contributed by atoms with E-state index < -0.39 is 0 Å². The molecule has 0 fully saturated rings. The summed E-state index contributed by atoms with van der Waals surface area (Å²) in [6.45, 7) is 16.8. The summed E-state index contributed by atoms with van der Waals surface area (Å²) in [7, 11) is 0. The maximum absolute atomic E-state index is 3.78. The van der Waals surface area contributed by atoms with Crippen LogP contribution in [0.4, 0.5) is 0 Å². The Morgan fingerprint density at radius 3 is 2.38 bits per heavy atom. The molecule has 0 radical (unpaired) electrons. The van der Waals surface area contributed by atoms with Gasteiger partial charge in [0, 0.05) is 25.2 Å². The van der Waals surface area contributed by atoms with Gasteiger partial charge in [0.2, 0.25) is 0 Å². The van der Waals surface area contributed by atoms with E-state index in [0.29, 0.717) is 0 Å². The standard InChI is InChI=1S/C11H24N2/c1-6-9-13(11(3,4)5)10-8-12-7-2/h6,12H,1,7-10H2,2-5H3. The average Bonchev–Trinajstić information content (AvgIpc) is 2.01. The van der Waals surface area contributed by atoms with Crippen LogP contribution in [0.5, 0.6) is 0 Å². The molecule has 2 nitrogen and oxygen atoms in total. The van der Waals surface area contributed by atoms with E-state index in [1.807, 2.05) is 6.08 Å². The highest BCUT2D eigenvalue weighted by molar-refractivity contribution is 4.83. The zero-order chi connectivity index (χ0) is 10.3. The second kappa shape index (κ2) is 6.17. The van der Waals surface area contributed by atoms with E-state index in [9.17, 15) is 0 Å². The van der Waals surface area contributed by atoms with Gasteiger partial charge in [0.15, 0.2) is 0 Å². The van der Waals surface area contributed by atoms with E-state index in [1.165, 1.54) is 0 Å². The highest BCUT2D eigenvalue weighted by Crippen LogP contribution is 2.11. The topological polar surface area (TPSA) is 15.3 Å². The molecule has 0 saturated heterocycles. The van der Waals surface area contributed by atoms with Crippen LogP contribution in [-0.4, -0.2) is 36.6 Å². The minimum absolute atomic E-state index is 0.240. The van der Waals surface area contributed by atoms with Crippen LogP contribution in [0, 0.1) is 0 Å². The Labute approximate surface area is 83.0 Å². The minimum atomic E-state index is 0.240. The molecule has 0 aromatic heterocycles. The van der Waals surface area contributed by atoms with Crippen molar-refractivity contribution in [3.05, 3.63) is 12.7 Å². The molecule has 0 bridgehead atoms. The second-order valence-corrected chi connectivity index (χ2v) is 4.26. The summed E-state index contributed by atoms with van der Waals surface area (Å²) in [5, 5.41) is 3.33. The fraction of sp³-hybridized carbons (Fsp3) is 0.818. The first-order chi connectivity index (χ1) is 6.02. The lowest BCUT2D eigenvalue weighted by atomic mass is 10.1. The molecule has 0 saturated carbocycles. The van der Waals surface area contributed by atoms with Crippen LogP contribution < -0.4 is 5.32 Å². The number of likely N-dealkylation sites (N-methyl/N-ethyl adjacent to an activating group) is 1. The average molecular weight is 184 g/mol. The van der Waals surface area contributed by atoms with Crippen LogP contribution in [0.3, 0.4) is 0 Å². The van der Waals surface area contributed by atoms with Crippen LogP contribution in [0.15, 0.2) is 12.7 Å². The molecule has 0 spiro atoms. The van der Waals surface area contributed by atoms with Gasteiger partial charge in [-0.1, -0.05) is 13.0 Å². The number of nitrogens with zero attached hydrogens (tertiary/aromatic N) is 1. The highest BCUT2D eigenvalue weighted by atomic mass is 15.2. The Kier molecular flexibility index (Phi) is 6.00. The number of rotatable bonds is 6. The van der Waals surface area contributed by atoms with Gasteiger partial charge in [-0.15, -0.1) is 6.58 Å². The molecule has 0 atom stereocenters. The molecular formula is C11H24N2.